The number of nitrogens with zero attached hydrogens (tertiary/aromatic N) is 1. The number of carbonyl (C=O) groups excluding carboxylic acids is 1. The van der Waals surface area contributed by atoms with Gasteiger partial charge in [0.2, 0.25) is 0 Å². The number of ether oxygens (including phenoxy) is 2. The topological polar surface area (TPSA) is 50.8 Å². The van der Waals surface area contributed by atoms with Crippen LogP contribution in [0.15, 0.2) is 0 Å². The van der Waals surface area contributed by atoms with Crippen LogP contribution in [-0.4, -0.2) is 54.5 Å². The summed E-state index contributed by atoms with van der Waals surface area (Å²) < 4.78 is 11.3. The van der Waals surface area contributed by atoms with Crippen molar-refractivity contribution in [3.63, 3.8) is 0 Å². The second kappa shape index (κ2) is 8.34. The molecule has 1 amide bonds. The first-order valence-corrected chi connectivity index (χ1v) is 9.23. The largest absolute Gasteiger partial charge is 0.444 e. The third-order valence-corrected chi connectivity index (χ3v) is 4.38. The van der Waals surface area contributed by atoms with Gasteiger partial charge in [0, 0.05) is 31.8 Å². The molecule has 0 aromatic heterocycles. The van der Waals surface area contributed by atoms with Crippen molar-refractivity contribution in [2.24, 2.45) is 0 Å². The van der Waals surface area contributed by atoms with Crippen LogP contribution in [0.5, 0.6) is 0 Å². The van der Waals surface area contributed by atoms with Gasteiger partial charge in [-0.3, -0.25) is 0 Å². The molecule has 2 rings (SSSR count). The maximum Gasteiger partial charge on any atom is 0.410 e. The van der Waals surface area contributed by atoms with E-state index in [-0.39, 0.29) is 6.09 Å². The van der Waals surface area contributed by atoms with Crippen LogP contribution in [0.3, 0.4) is 0 Å². The molecule has 2 fully saturated rings. The van der Waals surface area contributed by atoms with Crippen LogP contribution in [0.25, 0.3) is 0 Å². The van der Waals surface area contributed by atoms with Gasteiger partial charge in [0.25, 0.3) is 0 Å². The van der Waals surface area contributed by atoms with Gasteiger partial charge in [0.05, 0.1) is 6.10 Å². The van der Waals surface area contributed by atoms with Crippen molar-refractivity contribution in [1.29, 1.82) is 0 Å². The first-order valence-electron chi connectivity index (χ1n) is 9.23. The van der Waals surface area contributed by atoms with E-state index in [1.54, 1.807) is 0 Å². The Kier molecular flexibility index (Phi) is 6.72. The summed E-state index contributed by atoms with van der Waals surface area (Å²) in [5.41, 5.74) is -0.425. The maximum atomic E-state index is 12.3. The quantitative estimate of drug-likeness (QED) is 0.780. The van der Waals surface area contributed by atoms with Crippen LogP contribution in [0.1, 0.15) is 66.2 Å². The molecule has 0 aromatic carbocycles. The highest BCUT2D eigenvalue weighted by molar-refractivity contribution is 5.69. The van der Waals surface area contributed by atoms with Gasteiger partial charge >= 0.3 is 6.09 Å². The summed E-state index contributed by atoms with van der Waals surface area (Å²) in [6.45, 7) is 10.4. The van der Waals surface area contributed by atoms with E-state index in [9.17, 15) is 4.79 Å². The lowest BCUT2D eigenvalue weighted by Gasteiger charge is -2.31. The average Bonchev–Trinajstić information content (AvgIpc) is 3.27. The Bertz CT molecular complexity index is 375. The van der Waals surface area contributed by atoms with Crippen molar-refractivity contribution >= 4 is 6.09 Å². The molecule has 1 aliphatic carbocycles. The Morgan fingerprint density at radius 2 is 2.04 bits per heavy atom. The first-order chi connectivity index (χ1) is 10.9. The van der Waals surface area contributed by atoms with Crippen LogP contribution in [0.2, 0.25) is 0 Å². The fourth-order valence-electron chi connectivity index (χ4n) is 3.11. The number of rotatable bonds is 7. The van der Waals surface area contributed by atoms with Gasteiger partial charge in [-0.2, -0.15) is 0 Å². The van der Waals surface area contributed by atoms with Gasteiger partial charge in [-0.05, 0) is 52.9 Å². The van der Waals surface area contributed by atoms with Gasteiger partial charge in [-0.1, -0.05) is 13.3 Å². The van der Waals surface area contributed by atoms with Gasteiger partial charge in [-0.25, -0.2) is 4.79 Å². The summed E-state index contributed by atoms with van der Waals surface area (Å²) in [6, 6.07) is 0.897. The normalized spacial score (nSPS) is 25.2. The van der Waals surface area contributed by atoms with E-state index in [0.29, 0.717) is 18.2 Å². The molecule has 134 valence electrons. The van der Waals surface area contributed by atoms with E-state index in [1.165, 1.54) is 6.42 Å². The third-order valence-electron chi connectivity index (χ3n) is 4.38. The fourth-order valence-corrected chi connectivity index (χ4v) is 3.11. The smallest absolute Gasteiger partial charge is 0.410 e. The summed E-state index contributed by atoms with van der Waals surface area (Å²) in [6.07, 6.45) is 6.91. The molecular weight excluding hydrogens is 292 g/mol. The fraction of sp³-hybridized carbons (Fsp3) is 0.944. The van der Waals surface area contributed by atoms with Crippen molar-refractivity contribution in [3.8, 4) is 0 Å². The highest BCUT2D eigenvalue weighted by atomic mass is 16.6. The molecule has 1 saturated carbocycles. The minimum atomic E-state index is -0.425. The molecular formula is C18H34N2O3. The number of amides is 1. The third kappa shape index (κ3) is 6.68. The Morgan fingerprint density at radius 1 is 1.30 bits per heavy atom. The van der Waals surface area contributed by atoms with Gasteiger partial charge in [0.1, 0.15) is 5.60 Å². The summed E-state index contributed by atoms with van der Waals surface area (Å²) in [7, 11) is 0. The van der Waals surface area contributed by atoms with Gasteiger partial charge in [0.15, 0.2) is 0 Å². The van der Waals surface area contributed by atoms with Crippen LogP contribution in [0.4, 0.5) is 4.79 Å². The zero-order valence-electron chi connectivity index (χ0n) is 15.3. The molecule has 0 spiro atoms. The first kappa shape index (κ1) is 18.5. The van der Waals surface area contributed by atoms with E-state index in [0.717, 1.165) is 51.8 Å². The van der Waals surface area contributed by atoms with Crippen molar-refractivity contribution in [2.45, 2.75) is 90.0 Å². The summed E-state index contributed by atoms with van der Waals surface area (Å²) >= 11 is 0. The van der Waals surface area contributed by atoms with Gasteiger partial charge < -0.3 is 19.7 Å². The van der Waals surface area contributed by atoms with E-state index in [2.05, 4.69) is 12.2 Å². The Balaban J connectivity index is 1.73. The van der Waals surface area contributed by atoms with Crippen molar-refractivity contribution in [2.75, 3.05) is 19.7 Å². The van der Waals surface area contributed by atoms with Crippen LogP contribution >= 0.6 is 0 Å². The number of nitrogens with one attached hydrogen (secondary N) is 1. The molecule has 2 unspecified atom stereocenters. The molecule has 5 heteroatoms. The zero-order chi connectivity index (χ0) is 16.9. The number of carbonyl (C=O) groups is 1. The van der Waals surface area contributed by atoms with E-state index in [4.69, 9.17) is 9.47 Å². The maximum absolute atomic E-state index is 12.3. The Hall–Kier alpha value is -0.810. The Labute approximate surface area is 141 Å². The molecule has 2 atom stereocenters. The second-order valence-corrected chi connectivity index (χ2v) is 7.86. The van der Waals surface area contributed by atoms with Crippen LogP contribution < -0.4 is 5.32 Å². The number of hydrogen-bond acceptors (Lipinski definition) is 4. The lowest BCUT2D eigenvalue weighted by molar-refractivity contribution is -0.00417. The molecule has 1 saturated heterocycles. The lowest BCUT2D eigenvalue weighted by atomic mass is 10.0. The molecule has 0 aromatic rings. The molecule has 1 heterocycles. The van der Waals surface area contributed by atoms with Crippen molar-refractivity contribution < 1.29 is 14.3 Å². The predicted octanol–water partition coefficient (Wildman–Crippen LogP) is 3.32. The van der Waals surface area contributed by atoms with Gasteiger partial charge in [-0.15, -0.1) is 0 Å². The lowest BCUT2D eigenvalue weighted by Crippen LogP contribution is -2.45. The minimum absolute atomic E-state index is 0.169. The molecule has 2 aliphatic rings. The molecule has 1 N–H and O–H groups in total. The average molecular weight is 326 g/mol. The molecule has 1 aliphatic heterocycles. The van der Waals surface area contributed by atoms with E-state index in [1.807, 2.05) is 25.7 Å². The summed E-state index contributed by atoms with van der Waals surface area (Å²) in [5.74, 6) is 0. The minimum Gasteiger partial charge on any atom is -0.444 e. The van der Waals surface area contributed by atoms with Crippen LogP contribution in [-0.2, 0) is 9.47 Å². The summed E-state index contributed by atoms with van der Waals surface area (Å²) in [5, 5.41) is 3.61. The SMILES string of the molecule is CCCC1CC(NCCN(C(=O)OC(C)(C)C)C2CC2)CCO1. The van der Waals surface area contributed by atoms with E-state index < -0.39 is 5.60 Å². The molecule has 5 nitrogen and oxygen atoms in total. The number of hydrogen-bond donors (Lipinski definition) is 1. The molecule has 0 bridgehead atoms. The van der Waals surface area contributed by atoms with Crippen molar-refractivity contribution in [3.05, 3.63) is 0 Å². The molecule has 0 radical (unpaired) electrons. The zero-order valence-corrected chi connectivity index (χ0v) is 15.3. The summed E-state index contributed by atoms with van der Waals surface area (Å²) in [4.78, 5) is 14.2. The predicted molar refractivity (Wildman–Crippen MR) is 91.6 cm³/mol. The highest BCUT2D eigenvalue weighted by Crippen LogP contribution is 2.28. The Morgan fingerprint density at radius 3 is 2.65 bits per heavy atom. The monoisotopic (exact) mass is 326 g/mol. The van der Waals surface area contributed by atoms with Crippen LogP contribution in [0, 0.1) is 0 Å². The standard InChI is InChI=1S/C18H34N2O3/c1-5-6-16-13-14(9-12-22-16)19-10-11-20(15-7-8-15)17(21)23-18(2,3)4/h14-16,19H,5-13H2,1-4H3. The molecule has 23 heavy (non-hydrogen) atoms. The second-order valence-electron chi connectivity index (χ2n) is 7.86. The van der Waals surface area contributed by atoms with Crippen molar-refractivity contribution in [1.82, 2.24) is 10.2 Å². The van der Waals surface area contributed by atoms with E-state index >= 15 is 0 Å². The highest BCUT2D eigenvalue weighted by Gasteiger charge is 2.35.